The van der Waals surface area contributed by atoms with Gasteiger partial charge in [0, 0.05) is 10.0 Å². The molecule has 1 fully saturated rings. The zero-order valence-electron chi connectivity index (χ0n) is 16.0. The lowest BCUT2D eigenvalue weighted by molar-refractivity contribution is 0.164. The first-order valence-corrected chi connectivity index (χ1v) is 10.4. The second-order valence-corrected chi connectivity index (χ2v) is 8.20. The molecule has 1 aromatic heterocycles. The van der Waals surface area contributed by atoms with Gasteiger partial charge in [0.1, 0.15) is 5.75 Å². The van der Waals surface area contributed by atoms with Crippen molar-refractivity contribution >= 4 is 15.9 Å². The van der Waals surface area contributed by atoms with E-state index < -0.39 is 0 Å². The number of hydrogen-bond donors (Lipinski definition) is 0. The molecule has 6 heteroatoms. The first-order chi connectivity index (χ1) is 13.7. The molecule has 1 saturated heterocycles. The van der Waals surface area contributed by atoms with Crippen molar-refractivity contribution in [1.29, 1.82) is 0 Å². The topological polar surface area (TPSA) is 51.4 Å². The summed E-state index contributed by atoms with van der Waals surface area (Å²) in [7, 11) is 1.70. The number of hydrogen-bond acceptors (Lipinski definition) is 5. The fraction of sp³-hybridized carbons (Fsp3) is 0.364. The van der Waals surface area contributed by atoms with Gasteiger partial charge in [-0.1, -0.05) is 28.1 Å². The van der Waals surface area contributed by atoms with Crippen LogP contribution >= 0.6 is 15.9 Å². The number of benzene rings is 2. The first-order valence-electron chi connectivity index (χ1n) is 9.63. The molecule has 146 valence electrons. The summed E-state index contributed by atoms with van der Waals surface area (Å²) in [5.74, 6) is 2.91. The van der Waals surface area contributed by atoms with Gasteiger partial charge in [-0.05, 0) is 80.2 Å². The van der Waals surface area contributed by atoms with Crippen LogP contribution in [0.4, 0.5) is 0 Å². The Kier molecular flexibility index (Phi) is 6.07. The number of halogens is 1. The van der Waals surface area contributed by atoms with E-state index in [0.717, 1.165) is 47.8 Å². The molecule has 1 aliphatic heterocycles. The van der Waals surface area contributed by atoms with E-state index in [4.69, 9.17) is 9.15 Å². The molecule has 0 atom stereocenters. The van der Waals surface area contributed by atoms with Gasteiger partial charge in [0.25, 0.3) is 0 Å². The Labute approximate surface area is 173 Å². The average molecular weight is 442 g/mol. The van der Waals surface area contributed by atoms with Crippen LogP contribution in [0.25, 0.3) is 11.5 Å². The fourth-order valence-electron chi connectivity index (χ4n) is 3.66. The summed E-state index contributed by atoms with van der Waals surface area (Å²) in [6, 6.07) is 16.4. The van der Waals surface area contributed by atoms with Crippen molar-refractivity contribution in [2.45, 2.75) is 25.8 Å². The minimum Gasteiger partial charge on any atom is -0.497 e. The Hall–Kier alpha value is -2.18. The van der Waals surface area contributed by atoms with E-state index in [-0.39, 0.29) is 0 Å². The van der Waals surface area contributed by atoms with Crippen molar-refractivity contribution < 1.29 is 9.15 Å². The second-order valence-electron chi connectivity index (χ2n) is 7.28. The first kappa shape index (κ1) is 19.2. The molecule has 0 radical (unpaired) electrons. The van der Waals surface area contributed by atoms with E-state index in [0.29, 0.717) is 11.8 Å². The highest BCUT2D eigenvalue weighted by Crippen LogP contribution is 2.25. The maximum atomic E-state index is 5.87. The van der Waals surface area contributed by atoms with Gasteiger partial charge < -0.3 is 9.15 Å². The van der Waals surface area contributed by atoms with Crippen LogP contribution in [0.3, 0.4) is 0 Å². The van der Waals surface area contributed by atoms with Gasteiger partial charge in [-0.25, -0.2) is 0 Å². The van der Waals surface area contributed by atoms with Gasteiger partial charge in [0.05, 0.1) is 13.7 Å². The number of methoxy groups -OCH3 is 1. The Morgan fingerprint density at radius 2 is 1.75 bits per heavy atom. The molecule has 2 heterocycles. The predicted octanol–water partition coefficient (Wildman–Crippen LogP) is 4.96. The molecular formula is C22H24BrN3O2. The molecular weight excluding hydrogens is 418 g/mol. The summed E-state index contributed by atoms with van der Waals surface area (Å²) in [5.41, 5.74) is 2.33. The Morgan fingerprint density at radius 1 is 1.04 bits per heavy atom. The minimum atomic E-state index is 0.580. The molecule has 3 aromatic rings. The lowest BCUT2D eigenvalue weighted by Gasteiger charge is -2.31. The van der Waals surface area contributed by atoms with Crippen LogP contribution in [0.5, 0.6) is 5.75 Å². The third kappa shape index (κ3) is 4.80. The molecule has 2 aromatic carbocycles. The Morgan fingerprint density at radius 3 is 2.43 bits per heavy atom. The van der Waals surface area contributed by atoms with Gasteiger partial charge in [-0.15, -0.1) is 10.2 Å². The second kappa shape index (κ2) is 8.88. The van der Waals surface area contributed by atoms with Crippen LogP contribution in [0.15, 0.2) is 57.4 Å². The standard InChI is InChI=1S/C22H24BrN3O2/c1-27-20-8-2-16(3-9-20)14-17-10-12-26(13-11-17)15-21-24-25-22(28-21)18-4-6-19(23)7-5-18/h2-9,17H,10-15H2,1H3. The number of aromatic nitrogens is 2. The molecule has 0 saturated carbocycles. The molecule has 0 amide bonds. The zero-order valence-corrected chi connectivity index (χ0v) is 17.6. The fourth-order valence-corrected chi connectivity index (χ4v) is 3.93. The molecule has 5 nitrogen and oxygen atoms in total. The van der Waals surface area contributed by atoms with Crippen LogP contribution in [0.2, 0.25) is 0 Å². The number of piperidine rings is 1. The summed E-state index contributed by atoms with van der Waals surface area (Å²) in [6.45, 7) is 2.85. The van der Waals surface area contributed by atoms with Crippen LogP contribution in [-0.4, -0.2) is 35.3 Å². The van der Waals surface area contributed by atoms with E-state index >= 15 is 0 Å². The quantitative estimate of drug-likeness (QED) is 0.540. The van der Waals surface area contributed by atoms with Crippen LogP contribution < -0.4 is 4.74 Å². The van der Waals surface area contributed by atoms with Gasteiger partial charge >= 0.3 is 0 Å². The molecule has 0 N–H and O–H groups in total. The van der Waals surface area contributed by atoms with E-state index in [2.05, 4.69) is 43.2 Å². The molecule has 0 unspecified atom stereocenters. The number of nitrogens with zero attached hydrogens (tertiary/aromatic N) is 3. The number of rotatable bonds is 6. The van der Waals surface area contributed by atoms with E-state index in [1.54, 1.807) is 7.11 Å². The Bertz CT molecular complexity index is 885. The smallest absolute Gasteiger partial charge is 0.247 e. The molecule has 0 aliphatic carbocycles. The third-order valence-electron chi connectivity index (χ3n) is 5.31. The van der Waals surface area contributed by atoms with Crippen molar-refractivity contribution in [2.24, 2.45) is 5.92 Å². The lowest BCUT2D eigenvalue weighted by Crippen LogP contribution is -2.33. The van der Waals surface area contributed by atoms with E-state index in [1.807, 2.05) is 36.4 Å². The summed E-state index contributed by atoms with van der Waals surface area (Å²) >= 11 is 3.44. The summed E-state index contributed by atoms with van der Waals surface area (Å²) in [6.07, 6.45) is 3.52. The van der Waals surface area contributed by atoms with Crippen LogP contribution in [0, 0.1) is 5.92 Å². The van der Waals surface area contributed by atoms with E-state index in [1.165, 1.54) is 18.4 Å². The number of ether oxygens (including phenoxy) is 1. The Balaban J connectivity index is 1.28. The van der Waals surface area contributed by atoms with Gasteiger partial charge in [-0.2, -0.15) is 0 Å². The normalized spacial score (nSPS) is 15.6. The summed E-state index contributed by atoms with van der Waals surface area (Å²) < 4.78 is 12.1. The maximum absolute atomic E-state index is 5.87. The third-order valence-corrected chi connectivity index (χ3v) is 5.84. The molecule has 1 aliphatic rings. The summed E-state index contributed by atoms with van der Waals surface area (Å²) in [4.78, 5) is 2.41. The maximum Gasteiger partial charge on any atom is 0.247 e. The van der Waals surface area contributed by atoms with E-state index in [9.17, 15) is 0 Å². The zero-order chi connectivity index (χ0) is 19.3. The van der Waals surface area contributed by atoms with Gasteiger partial charge in [0.15, 0.2) is 0 Å². The largest absolute Gasteiger partial charge is 0.497 e. The van der Waals surface area contributed by atoms with Crippen LogP contribution in [0.1, 0.15) is 24.3 Å². The average Bonchev–Trinajstić information content (AvgIpc) is 3.19. The highest BCUT2D eigenvalue weighted by atomic mass is 79.9. The van der Waals surface area contributed by atoms with Gasteiger partial charge in [0.2, 0.25) is 11.8 Å². The predicted molar refractivity (Wildman–Crippen MR) is 112 cm³/mol. The van der Waals surface area contributed by atoms with Crippen LogP contribution in [-0.2, 0) is 13.0 Å². The number of likely N-dealkylation sites (tertiary alicyclic amines) is 1. The molecule has 0 spiro atoms. The monoisotopic (exact) mass is 441 g/mol. The van der Waals surface area contributed by atoms with Crippen molar-refractivity contribution in [1.82, 2.24) is 15.1 Å². The minimum absolute atomic E-state index is 0.580. The SMILES string of the molecule is COc1ccc(CC2CCN(Cc3nnc(-c4ccc(Br)cc4)o3)CC2)cc1. The van der Waals surface area contributed by atoms with Gasteiger partial charge in [-0.3, -0.25) is 4.90 Å². The van der Waals surface area contributed by atoms with Crippen molar-refractivity contribution in [2.75, 3.05) is 20.2 Å². The van der Waals surface area contributed by atoms with Crippen molar-refractivity contribution in [3.63, 3.8) is 0 Å². The highest BCUT2D eigenvalue weighted by Gasteiger charge is 2.21. The summed E-state index contributed by atoms with van der Waals surface area (Å²) in [5, 5.41) is 8.43. The highest BCUT2D eigenvalue weighted by molar-refractivity contribution is 9.10. The van der Waals surface area contributed by atoms with Crippen molar-refractivity contribution in [3.8, 4) is 17.2 Å². The van der Waals surface area contributed by atoms with Crippen molar-refractivity contribution in [3.05, 3.63) is 64.5 Å². The molecule has 28 heavy (non-hydrogen) atoms. The lowest BCUT2D eigenvalue weighted by atomic mass is 9.90. The molecule has 4 rings (SSSR count). The molecule has 0 bridgehead atoms.